The van der Waals surface area contributed by atoms with Gasteiger partial charge in [-0.2, -0.15) is 0 Å². The number of hydrogen-bond acceptors (Lipinski definition) is 6. The maximum Gasteiger partial charge on any atom is 0.586 e. The average Bonchev–Trinajstić information content (AvgIpc) is 3.16. The van der Waals surface area contributed by atoms with Gasteiger partial charge in [-0.1, -0.05) is 48.5 Å². The van der Waals surface area contributed by atoms with Gasteiger partial charge in [0.2, 0.25) is 5.91 Å². The summed E-state index contributed by atoms with van der Waals surface area (Å²) in [6.45, 7) is 0. The second-order valence-electron chi connectivity index (χ2n) is 7.83. The zero-order chi connectivity index (χ0) is 25.9. The van der Waals surface area contributed by atoms with Crippen LogP contribution in [-0.2, 0) is 21.2 Å². The molecule has 3 aromatic rings. The van der Waals surface area contributed by atoms with Crippen LogP contribution >= 0.6 is 0 Å². The van der Waals surface area contributed by atoms with E-state index < -0.39 is 34.3 Å². The molecule has 0 aromatic heterocycles. The number of carbonyl (C=O) groups is 2. The molecule has 1 aliphatic heterocycles. The number of anilines is 1. The van der Waals surface area contributed by atoms with Crippen molar-refractivity contribution in [3.8, 4) is 11.5 Å². The Kier molecular flexibility index (Phi) is 6.80. The summed E-state index contributed by atoms with van der Waals surface area (Å²) in [5.41, 5.74) is 0.887. The van der Waals surface area contributed by atoms with Gasteiger partial charge in [0, 0.05) is 25.2 Å². The summed E-state index contributed by atoms with van der Waals surface area (Å²) in [5, 5.41) is 2.41. The topological polar surface area (TPSA) is 114 Å². The number of amides is 3. The lowest BCUT2D eigenvalue weighted by Gasteiger charge is -2.25. The van der Waals surface area contributed by atoms with Crippen molar-refractivity contribution in [2.75, 3.05) is 11.9 Å². The van der Waals surface area contributed by atoms with Crippen LogP contribution in [-0.4, -0.2) is 39.7 Å². The summed E-state index contributed by atoms with van der Waals surface area (Å²) in [6.07, 6.45) is -3.78. The molecular formula is C24H21F2N3O6S. The van der Waals surface area contributed by atoms with E-state index in [4.69, 9.17) is 0 Å². The van der Waals surface area contributed by atoms with Crippen molar-refractivity contribution in [1.29, 1.82) is 0 Å². The van der Waals surface area contributed by atoms with Gasteiger partial charge in [0.1, 0.15) is 6.04 Å². The molecule has 12 heteroatoms. The zero-order valence-corrected chi connectivity index (χ0v) is 19.7. The Balaban J connectivity index is 1.54. The van der Waals surface area contributed by atoms with Gasteiger partial charge in [0.25, 0.3) is 10.0 Å². The Morgan fingerprint density at radius 1 is 0.944 bits per heavy atom. The van der Waals surface area contributed by atoms with Gasteiger partial charge in [-0.15, -0.1) is 8.78 Å². The first-order valence-corrected chi connectivity index (χ1v) is 12.1. The average molecular weight is 518 g/mol. The molecule has 0 saturated heterocycles. The van der Waals surface area contributed by atoms with Crippen molar-refractivity contribution in [3.63, 3.8) is 0 Å². The Morgan fingerprint density at radius 2 is 1.56 bits per heavy atom. The number of halogens is 2. The molecule has 0 fully saturated rings. The van der Waals surface area contributed by atoms with Gasteiger partial charge in [-0.3, -0.25) is 4.79 Å². The van der Waals surface area contributed by atoms with E-state index >= 15 is 0 Å². The summed E-state index contributed by atoms with van der Waals surface area (Å²) in [5.74, 6) is -1.07. The first-order valence-electron chi connectivity index (χ1n) is 10.6. The van der Waals surface area contributed by atoms with Crippen LogP contribution in [0.2, 0.25) is 0 Å². The van der Waals surface area contributed by atoms with E-state index in [-0.39, 0.29) is 28.5 Å². The molecular weight excluding hydrogens is 496 g/mol. The number of hydrogen-bond donors (Lipinski definition) is 2. The number of rotatable bonds is 7. The number of carbonyl (C=O) groups excluding carboxylic acids is 2. The molecule has 0 bridgehead atoms. The van der Waals surface area contributed by atoms with Crippen LogP contribution in [0.15, 0.2) is 83.8 Å². The molecule has 3 amide bonds. The van der Waals surface area contributed by atoms with Crippen molar-refractivity contribution < 1.29 is 36.3 Å². The second-order valence-corrected chi connectivity index (χ2v) is 9.51. The van der Waals surface area contributed by atoms with E-state index in [1.165, 1.54) is 49.5 Å². The van der Waals surface area contributed by atoms with Gasteiger partial charge in [-0.05, 0) is 29.8 Å². The van der Waals surface area contributed by atoms with Crippen molar-refractivity contribution in [3.05, 3.63) is 84.4 Å². The maximum atomic E-state index is 13.4. The largest absolute Gasteiger partial charge is 0.586 e. The number of likely N-dealkylation sites (N-methyl/N-ethyl adjacent to an activating group) is 1. The van der Waals surface area contributed by atoms with Crippen LogP contribution in [0.1, 0.15) is 5.56 Å². The van der Waals surface area contributed by atoms with E-state index in [9.17, 15) is 26.8 Å². The van der Waals surface area contributed by atoms with Crippen LogP contribution in [0, 0.1) is 0 Å². The van der Waals surface area contributed by atoms with E-state index in [1.54, 1.807) is 36.4 Å². The van der Waals surface area contributed by atoms with Gasteiger partial charge < -0.3 is 19.7 Å². The number of urea groups is 1. The minimum Gasteiger partial charge on any atom is -0.395 e. The molecule has 0 spiro atoms. The van der Waals surface area contributed by atoms with Crippen LogP contribution < -0.4 is 24.4 Å². The van der Waals surface area contributed by atoms with E-state index in [1.807, 2.05) is 4.72 Å². The molecule has 0 aliphatic carbocycles. The number of benzene rings is 3. The van der Waals surface area contributed by atoms with Gasteiger partial charge in [0.05, 0.1) is 4.90 Å². The van der Waals surface area contributed by atoms with Gasteiger partial charge in [0.15, 0.2) is 11.5 Å². The number of ether oxygens (including phenoxy) is 2. The highest BCUT2D eigenvalue weighted by Gasteiger charge is 2.43. The van der Waals surface area contributed by atoms with Crippen LogP contribution in [0.25, 0.3) is 0 Å². The number of fused-ring (bicyclic) bond motifs is 1. The van der Waals surface area contributed by atoms with Gasteiger partial charge in [-0.25, -0.2) is 17.9 Å². The fraction of sp³-hybridized carbons (Fsp3) is 0.167. The first-order chi connectivity index (χ1) is 17.0. The number of nitrogens with one attached hydrogen (secondary N) is 2. The maximum absolute atomic E-state index is 13.4. The second kappa shape index (κ2) is 9.82. The Labute approximate surface area is 205 Å². The SMILES string of the molecule is CN(C(=O)C(Cc1ccccc1)NC(=O)NS(=O)(=O)c1ccccc1)c1ccc2c(c1)OC(F)(F)O2. The Morgan fingerprint density at radius 3 is 2.22 bits per heavy atom. The minimum absolute atomic E-state index is 0.0332. The summed E-state index contributed by atoms with van der Waals surface area (Å²) in [7, 11) is -2.80. The molecule has 188 valence electrons. The lowest BCUT2D eigenvalue weighted by atomic mass is 10.0. The molecule has 36 heavy (non-hydrogen) atoms. The molecule has 0 saturated carbocycles. The molecule has 3 aromatic carbocycles. The summed E-state index contributed by atoms with van der Waals surface area (Å²) in [6, 6.07) is 17.5. The Bertz CT molecular complexity index is 1370. The van der Waals surface area contributed by atoms with Crippen molar-refractivity contribution in [2.24, 2.45) is 0 Å². The summed E-state index contributed by atoms with van der Waals surface area (Å²) < 4.78 is 62.5. The first kappa shape index (κ1) is 24.9. The minimum atomic E-state index is -4.18. The highest BCUT2D eigenvalue weighted by atomic mass is 32.2. The molecule has 9 nitrogen and oxygen atoms in total. The lowest BCUT2D eigenvalue weighted by molar-refractivity contribution is -0.286. The van der Waals surface area contributed by atoms with E-state index in [0.29, 0.717) is 5.56 Å². The highest BCUT2D eigenvalue weighted by Crippen LogP contribution is 2.42. The van der Waals surface area contributed by atoms with E-state index in [0.717, 1.165) is 4.90 Å². The highest BCUT2D eigenvalue weighted by molar-refractivity contribution is 7.90. The van der Waals surface area contributed by atoms with Crippen LogP contribution in [0.4, 0.5) is 19.3 Å². The summed E-state index contributed by atoms with van der Waals surface area (Å²) in [4.78, 5) is 27.0. The number of sulfonamides is 1. The van der Waals surface area contributed by atoms with Crippen molar-refractivity contribution >= 4 is 27.6 Å². The summed E-state index contributed by atoms with van der Waals surface area (Å²) >= 11 is 0. The third-order valence-electron chi connectivity index (χ3n) is 5.27. The molecule has 1 atom stereocenters. The molecule has 1 unspecified atom stereocenters. The lowest BCUT2D eigenvalue weighted by Crippen LogP contribution is -2.52. The molecule has 1 heterocycles. The quantitative estimate of drug-likeness (QED) is 0.497. The molecule has 2 N–H and O–H groups in total. The van der Waals surface area contributed by atoms with Crippen LogP contribution in [0.3, 0.4) is 0 Å². The smallest absolute Gasteiger partial charge is 0.395 e. The number of nitrogens with zero attached hydrogens (tertiary/aromatic N) is 1. The van der Waals surface area contributed by atoms with Gasteiger partial charge >= 0.3 is 12.3 Å². The molecule has 4 rings (SSSR count). The third-order valence-corrected chi connectivity index (χ3v) is 6.62. The van der Waals surface area contributed by atoms with Crippen molar-refractivity contribution in [2.45, 2.75) is 23.7 Å². The van der Waals surface area contributed by atoms with Crippen molar-refractivity contribution in [1.82, 2.24) is 10.0 Å². The predicted molar refractivity (Wildman–Crippen MR) is 125 cm³/mol. The third kappa shape index (κ3) is 5.71. The predicted octanol–water partition coefficient (Wildman–Crippen LogP) is 3.27. The van der Waals surface area contributed by atoms with Crippen LogP contribution in [0.5, 0.6) is 11.5 Å². The fourth-order valence-electron chi connectivity index (χ4n) is 3.53. The molecule has 0 radical (unpaired) electrons. The standard InChI is InChI=1S/C24H21F2N3O6S/c1-29(17-12-13-20-21(15-17)35-24(25,26)34-20)22(30)19(14-16-8-4-2-5-9-16)27-23(31)28-36(32,33)18-10-6-3-7-11-18/h2-13,15,19H,14H2,1H3,(H2,27,28,31). The normalized spacial score (nSPS) is 14.5. The monoisotopic (exact) mass is 517 g/mol. The van der Waals surface area contributed by atoms with E-state index in [2.05, 4.69) is 14.8 Å². The molecule has 1 aliphatic rings. The fourth-order valence-corrected chi connectivity index (χ4v) is 4.46. The number of alkyl halides is 2. The Hall–Kier alpha value is -4.19. The zero-order valence-electron chi connectivity index (χ0n) is 18.9.